The summed E-state index contributed by atoms with van der Waals surface area (Å²) in [5.41, 5.74) is -0.571. The molecule has 0 spiro atoms. The van der Waals surface area contributed by atoms with E-state index in [4.69, 9.17) is 9.47 Å². The van der Waals surface area contributed by atoms with E-state index in [1.165, 1.54) is 5.57 Å². The molecular formula is C36H58O9. The van der Waals surface area contributed by atoms with Gasteiger partial charge in [-0.25, -0.2) is 0 Å². The number of aliphatic hydroxyl groups excluding tert-OH is 5. The van der Waals surface area contributed by atoms with E-state index in [1.807, 2.05) is 0 Å². The summed E-state index contributed by atoms with van der Waals surface area (Å²) >= 11 is 0. The van der Waals surface area contributed by atoms with Crippen LogP contribution in [0.2, 0.25) is 0 Å². The van der Waals surface area contributed by atoms with Gasteiger partial charge in [-0.3, -0.25) is 4.79 Å². The highest BCUT2D eigenvalue weighted by molar-refractivity contribution is 5.77. The van der Waals surface area contributed by atoms with E-state index in [9.17, 15) is 35.4 Å². The Morgan fingerprint density at radius 2 is 1.58 bits per heavy atom. The minimum absolute atomic E-state index is 0.0210. The molecule has 5 fully saturated rings. The lowest BCUT2D eigenvalue weighted by Crippen LogP contribution is -2.68. The molecule has 0 amide bonds. The molecule has 4 saturated carbocycles. The smallest absolute Gasteiger partial charge is 0.312 e. The van der Waals surface area contributed by atoms with Gasteiger partial charge in [-0.05, 0) is 103 Å². The van der Waals surface area contributed by atoms with Crippen molar-refractivity contribution in [3.63, 3.8) is 0 Å². The molecule has 6 rings (SSSR count). The van der Waals surface area contributed by atoms with Crippen LogP contribution in [0.4, 0.5) is 0 Å². The SMILES string of the molecule is CC1(C)CC[C@@]2(C(=O)O)[C@H](C1)C1=CC[C@@H]3[C@@]4(C)CC[C@H](O[C@@H]5O[C@H](CO)[C@@H](O)[C@H](O)[C@H]5O)C(C)(C)C4CC[C@@]3(C)[C@]1(C)C[C@@H]2O. The minimum atomic E-state index is -1.47. The first-order valence-electron chi connectivity index (χ1n) is 17.4. The van der Waals surface area contributed by atoms with Crippen molar-refractivity contribution >= 4 is 5.97 Å². The van der Waals surface area contributed by atoms with Crippen LogP contribution in [0.3, 0.4) is 0 Å². The van der Waals surface area contributed by atoms with Crippen molar-refractivity contribution in [2.75, 3.05) is 6.61 Å². The molecule has 256 valence electrons. The van der Waals surface area contributed by atoms with E-state index in [0.717, 1.165) is 44.9 Å². The van der Waals surface area contributed by atoms with Crippen LogP contribution < -0.4 is 0 Å². The van der Waals surface area contributed by atoms with Gasteiger partial charge in [0.15, 0.2) is 6.29 Å². The van der Waals surface area contributed by atoms with Gasteiger partial charge < -0.3 is 40.1 Å². The number of carboxylic acid groups (broad SMARTS) is 1. The predicted molar refractivity (Wildman–Crippen MR) is 167 cm³/mol. The molecule has 1 saturated heterocycles. The first kappa shape index (κ1) is 33.8. The Labute approximate surface area is 268 Å². The van der Waals surface area contributed by atoms with Gasteiger partial charge in [0, 0.05) is 0 Å². The lowest BCUT2D eigenvalue weighted by Gasteiger charge is -2.71. The molecule has 6 N–H and O–H groups in total. The van der Waals surface area contributed by atoms with Crippen molar-refractivity contribution in [2.24, 2.45) is 50.2 Å². The van der Waals surface area contributed by atoms with E-state index < -0.39 is 54.8 Å². The van der Waals surface area contributed by atoms with E-state index in [1.54, 1.807) is 0 Å². The zero-order chi connectivity index (χ0) is 33.1. The van der Waals surface area contributed by atoms with Crippen molar-refractivity contribution in [1.82, 2.24) is 0 Å². The molecule has 9 nitrogen and oxygen atoms in total. The third kappa shape index (κ3) is 4.54. The number of ether oxygens (including phenoxy) is 2. The Morgan fingerprint density at radius 1 is 0.889 bits per heavy atom. The normalized spacial score (nSPS) is 53.6. The van der Waals surface area contributed by atoms with Gasteiger partial charge in [-0.2, -0.15) is 0 Å². The Morgan fingerprint density at radius 3 is 2.22 bits per heavy atom. The van der Waals surface area contributed by atoms with E-state index in [0.29, 0.717) is 24.7 Å². The van der Waals surface area contributed by atoms with Crippen LogP contribution in [0.25, 0.3) is 0 Å². The second-order valence-corrected chi connectivity index (χ2v) is 18.0. The molecule has 0 bridgehead atoms. The lowest BCUT2D eigenvalue weighted by molar-refractivity contribution is -0.330. The third-order valence-corrected chi connectivity index (χ3v) is 15.2. The lowest BCUT2D eigenvalue weighted by atomic mass is 9.33. The number of aliphatic hydroxyl groups is 5. The second-order valence-electron chi connectivity index (χ2n) is 18.0. The maximum absolute atomic E-state index is 13.0. The van der Waals surface area contributed by atoms with Crippen LogP contribution in [0.15, 0.2) is 11.6 Å². The molecule has 6 aliphatic rings. The first-order valence-corrected chi connectivity index (χ1v) is 17.4. The van der Waals surface area contributed by atoms with E-state index in [2.05, 4.69) is 54.5 Å². The maximum Gasteiger partial charge on any atom is 0.312 e. The quantitative estimate of drug-likeness (QED) is 0.199. The van der Waals surface area contributed by atoms with Crippen LogP contribution in [0.1, 0.15) is 106 Å². The molecule has 45 heavy (non-hydrogen) atoms. The number of rotatable bonds is 4. The minimum Gasteiger partial charge on any atom is -0.481 e. The molecule has 0 aromatic heterocycles. The molecular weight excluding hydrogens is 576 g/mol. The van der Waals surface area contributed by atoms with Gasteiger partial charge in [0.25, 0.3) is 0 Å². The summed E-state index contributed by atoms with van der Waals surface area (Å²) in [7, 11) is 0. The third-order valence-electron chi connectivity index (χ3n) is 15.2. The molecule has 1 aliphatic heterocycles. The van der Waals surface area contributed by atoms with Gasteiger partial charge in [-0.1, -0.05) is 60.1 Å². The Hall–Kier alpha value is -1.07. The highest BCUT2D eigenvalue weighted by Crippen LogP contribution is 2.76. The average Bonchev–Trinajstić information content (AvgIpc) is 2.94. The van der Waals surface area contributed by atoms with Crippen molar-refractivity contribution in [2.45, 2.75) is 149 Å². The van der Waals surface area contributed by atoms with Crippen LogP contribution >= 0.6 is 0 Å². The average molecular weight is 635 g/mol. The molecule has 0 radical (unpaired) electrons. The number of allylic oxidation sites excluding steroid dienone is 2. The van der Waals surface area contributed by atoms with Crippen molar-refractivity contribution in [3.8, 4) is 0 Å². The molecule has 14 atom stereocenters. The molecule has 0 aromatic rings. The number of aliphatic carboxylic acids is 1. The fourth-order valence-corrected chi connectivity index (χ4v) is 12.3. The fraction of sp³-hybridized carbons (Fsp3) is 0.917. The van der Waals surface area contributed by atoms with Crippen molar-refractivity contribution in [1.29, 1.82) is 0 Å². The standard InChI is InChI=1S/C36H58O9/c1-31(2)14-15-36(30(42)43)20(16-31)19-8-9-23-33(5)12-11-25(45-29-28(41)27(40)26(39)21(18-37)44-29)32(3,4)22(33)10-13-34(23,6)35(19,7)17-24(36)38/h8,20-29,37-41H,9-18H2,1-7H3,(H,42,43)/t20-,21-,22?,23-,24+,25+,26-,27+,28-,29+,33+,34-,35-,36-/m1/s1. The molecule has 1 unspecified atom stereocenters. The van der Waals surface area contributed by atoms with Crippen molar-refractivity contribution < 1.29 is 44.9 Å². The largest absolute Gasteiger partial charge is 0.481 e. The van der Waals surface area contributed by atoms with Gasteiger partial charge in [0.05, 0.1) is 18.8 Å². The molecule has 5 aliphatic carbocycles. The molecule has 0 aromatic carbocycles. The maximum atomic E-state index is 13.0. The second kappa shape index (κ2) is 10.7. The van der Waals surface area contributed by atoms with Crippen LogP contribution in [0.5, 0.6) is 0 Å². The van der Waals surface area contributed by atoms with E-state index in [-0.39, 0.29) is 39.1 Å². The van der Waals surface area contributed by atoms with Gasteiger partial charge in [0.1, 0.15) is 29.8 Å². The summed E-state index contributed by atoms with van der Waals surface area (Å²) in [5.74, 6) is -0.382. The Kier molecular flexibility index (Phi) is 8.05. The highest BCUT2D eigenvalue weighted by Gasteiger charge is 2.71. The number of carboxylic acids is 1. The zero-order valence-electron chi connectivity index (χ0n) is 28.3. The first-order chi connectivity index (χ1) is 20.8. The summed E-state index contributed by atoms with van der Waals surface area (Å²) in [4.78, 5) is 13.0. The Bertz CT molecular complexity index is 1210. The number of hydrogen-bond donors (Lipinski definition) is 6. The van der Waals surface area contributed by atoms with Gasteiger partial charge in [0.2, 0.25) is 0 Å². The highest BCUT2D eigenvalue weighted by atomic mass is 16.7. The van der Waals surface area contributed by atoms with Crippen LogP contribution in [-0.4, -0.2) is 86.1 Å². The zero-order valence-corrected chi connectivity index (χ0v) is 28.3. The molecule has 1 heterocycles. The van der Waals surface area contributed by atoms with Crippen molar-refractivity contribution in [3.05, 3.63) is 11.6 Å². The van der Waals surface area contributed by atoms with E-state index >= 15 is 0 Å². The summed E-state index contributed by atoms with van der Waals surface area (Å²) < 4.78 is 12.2. The summed E-state index contributed by atoms with van der Waals surface area (Å²) in [5, 5.41) is 63.5. The summed E-state index contributed by atoms with van der Waals surface area (Å²) in [6, 6.07) is 0. The predicted octanol–water partition coefficient (Wildman–Crippen LogP) is 4.03. The van der Waals surface area contributed by atoms with Crippen LogP contribution in [-0.2, 0) is 14.3 Å². The van der Waals surface area contributed by atoms with Crippen LogP contribution in [0, 0.1) is 50.2 Å². The summed E-state index contributed by atoms with van der Waals surface area (Å²) in [6.07, 6.45) is 1.79. The summed E-state index contributed by atoms with van der Waals surface area (Å²) in [6.45, 7) is 15.6. The fourth-order valence-electron chi connectivity index (χ4n) is 12.3. The number of hydrogen-bond acceptors (Lipinski definition) is 8. The number of fused-ring (bicyclic) bond motifs is 7. The van der Waals surface area contributed by atoms with Gasteiger partial charge in [-0.15, -0.1) is 0 Å². The number of carbonyl (C=O) groups is 1. The van der Waals surface area contributed by atoms with Gasteiger partial charge >= 0.3 is 5.97 Å². The topological polar surface area (TPSA) is 157 Å². The Balaban J connectivity index is 1.31. The monoisotopic (exact) mass is 634 g/mol. The molecule has 9 heteroatoms.